The van der Waals surface area contributed by atoms with Crippen molar-refractivity contribution < 1.29 is 8.91 Å². The summed E-state index contributed by atoms with van der Waals surface area (Å²) < 4.78 is 20.7. The number of halogens is 2. The van der Waals surface area contributed by atoms with Gasteiger partial charge in [0.25, 0.3) is 5.89 Å². The molecule has 4 aromatic rings. The van der Waals surface area contributed by atoms with Crippen LogP contribution in [-0.2, 0) is 0 Å². The second-order valence-corrected chi connectivity index (χ2v) is 7.99. The van der Waals surface area contributed by atoms with Gasteiger partial charge >= 0.3 is 0 Å². The molecule has 0 spiro atoms. The minimum atomic E-state index is -0.267. The third-order valence-electron chi connectivity index (χ3n) is 5.08. The van der Waals surface area contributed by atoms with Gasteiger partial charge < -0.3 is 9.84 Å². The molecule has 1 N–H and O–H groups in total. The maximum absolute atomic E-state index is 13.3. The highest BCUT2D eigenvalue weighted by Crippen LogP contribution is 2.36. The number of nitrogens with one attached hydrogen (secondary N) is 1. The van der Waals surface area contributed by atoms with Gasteiger partial charge in [-0.25, -0.2) is 9.07 Å². The molecule has 10 heteroatoms. The molecular weight excluding hydrogens is 415 g/mol. The summed E-state index contributed by atoms with van der Waals surface area (Å²) in [5.41, 5.74) is 1.71. The van der Waals surface area contributed by atoms with E-state index in [0.29, 0.717) is 11.7 Å². The zero-order chi connectivity index (χ0) is 19.3. The third-order valence-corrected chi connectivity index (χ3v) is 6.18. The Morgan fingerprint density at radius 1 is 1.28 bits per heavy atom. The van der Waals surface area contributed by atoms with Crippen LogP contribution in [0.1, 0.15) is 17.6 Å². The lowest BCUT2D eigenvalue weighted by Crippen LogP contribution is -2.44. The highest BCUT2D eigenvalue weighted by atomic mass is 35.5. The molecule has 1 aliphatic heterocycles. The number of thiophene rings is 1. The van der Waals surface area contributed by atoms with Gasteiger partial charge in [-0.15, -0.1) is 23.7 Å². The van der Waals surface area contributed by atoms with Gasteiger partial charge in [0, 0.05) is 25.0 Å². The van der Waals surface area contributed by atoms with Gasteiger partial charge in [0.15, 0.2) is 5.82 Å². The van der Waals surface area contributed by atoms with E-state index in [2.05, 4.69) is 32.5 Å². The van der Waals surface area contributed by atoms with Crippen LogP contribution in [0.5, 0.6) is 0 Å². The summed E-state index contributed by atoms with van der Waals surface area (Å²) in [6, 6.07) is 8.45. The lowest BCUT2D eigenvalue weighted by atomic mass is 10.2. The smallest absolute Gasteiger partial charge is 0.268 e. The van der Waals surface area contributed by atoms with Gasteiger partial charge in [-0.05, 0) is 44.3 Å². The Bertz CT molecular complexity index is 1140. The predicted molar refractivity (Wildman–Crippen MR) is 112 cm³/mol. The number of aromatic nitrogens is 4. The third kappa shape index (κ3) is 3.55. The number of benzene rings is 1. The van der Waals surface area contributed by atoms with Crippen molar-refractivity contribution in [3.63, 3.8) is 0 Å². The summed E-state index contributed by atoms with van der Waals surface area (Å²) in [4.78, 5) is 8.74. The molecular formula is C19H20ClFN6OS. The standard InChI is InChI=1S/C19H19FN6OS.ClH/c1-11-14-9-16(18-22-17(24-27-18)15-10-21-7-8-25(15)2)28-19(14)26(23-11)13-5-3-12(20)4-6-13;/h3-6,9,15,21H,7-8,10H2,1-2H3;1H. The van der Waals surface area contributed by atoms with Crippen molar-refractivity contribution in [1.82, 2.24) is 30.1 Å². The first-order valence-corrected chi connectivity index (χ1v) is 9.92. The van der Waals surface area contributed by atoms with E-state index in [0.717, 1.165) is 46.1 Å². The average molecular weight is 435 g/mol. The van der Waals surface area contributed by atoms with E-state index < -0.39 is 0 Å². The van der Waals surface area contributed by atoms with Gasteiger partial charge in [-0.2, -0.15) is 10.1 Å². The van der Waals surface area contributed by atoms with Gasteiger partial charge in [0.05, 0.1) is 22.3 Å². The number of fused-ring (bicyclic) bond motifs is 1. The van der Waals surface area contributed by atoms with Crippen LogP contribution in [0.4, 0.5) is 4.39 Å². The minimum absolute atomic E-state index is 0. The second kappa shape index (κ2) is 7.83. The van der Waals surface area contributed by atoms with Crippen LogP contribution in [-0.4, -0.2) is 51.5 Å². The number of aryl methyl sites for hydroxylation is 1. The molecule has 5 rings (SSSR count). The fourth-order valence-electron chi connectivity index (χ4n) is 3.47. The molecule has 7 nitrogen and oxygen atoms in total. The second-order valence-electron chi connectivity index (χ2n) is 6.96. The van der Waals surface area contributed by atoms with Crippen LogP contribution in [0, 0.1) is 12.7 Å². The summed E-state index contributed by atoms with van der Waals surface area (Å²) in [5, 5.41) is 13.2. The Morgan fingerprint density at radius 3 is 2.83 bits per heavy atom. The maximum atomic E-state index is 13.3. The number of likely N-dealkylation sites (N-methyl/N-ethyl adjacent to an activating group) is 1. The van der Waals surface area contributed by atoms with E-state index in [1.165, 1.54) is 23.5 Å². The minimum Gasteiger partial charge on any atom is -0.333 e. The number of hydrogen-bond donors (Lipinski definition) is 1. The van der Waals surface area contributed by atoms with E-state index in [1.807, 2.05) is 17.7 Å². The molecule has 1 aliphatic rings. The van der Waals surface area contributed by atoms with Gasteiger partial charge in [0.2, 0.25) is 0 Å². The van der Waals surface area contributed by atoms with Crippen LogP contribution < -0.4 is 5.32 Å². The molecule has 0 radical (unpaired) electrons. The van der Waals surface area contributed by atoms with Crippen molar-refractivity contribution in [2.24, 2.45) is 0 Å². The normalized spacial score (nSPS) is 17.6. The molecule has 0 saturated carbocycles. The zero-order valence-electron chi connectivity index (χ0n) is 15.9. The Morgan fingerprint density at radius 2 is 2.07 bits per heavy atom. The largest absolute Gasteiger partial charge is 0.333 e. The number of rotatable bonds is 3. The molecule has 0 amide bonds. The van der Waals surface area contributed by atoms with E-state index >= 15 is 0 Å². The van der Waals surface area contributed by atoms with E-state index in [1.54, 1.807) is 12.1 Å². The predicted octanol–water partition coefficient (Wildman–Crippen LogP) is 3.58. The quantitative estimate of drug-likeness (QED) is 0.531. The fourth-order valence-corrected chi connectivity index (χ4v) is 4.58. The molecule has 1 atom stereocenters. The SMILES string of the molecule is Cc1nn(-c2ccc(F)cc2)c2sc(-c3nc(C4CNCCN4C)no3)cc12.Cl. The molecule has 0 aliphatic carbocycles. The topological polar surface area (TPSA) is 72.0 Å². The Hall–Kier alpha value is -2.33. The molecule has 0 bridgehead atoms. The van der Waals surface area contributed by atoms with Crippen LogP contribution >= 0.6 is 23.7 Å². The molecule has 1 aromatic carbocycles. The first-order valence-electron chi connectivity index (χ1n) is 9.10. The molecule has 152 valence electrons. The monoisotopic (exact) mass is 434 g/mol. The van der Waals surface area contributed by atoms with Crippen molar-refractivity contribution in [1.29, 1.82) is 0 Å². The number of nitrogens with zero attached hydrogens (tertiary/aromatic N) is 5. The highest BCUT2D eigenvalue weighted by molar-refractivity contribution is 7.21. The van der Waals surface area contributed by atoms with E-state index in [-0.39, 0.29) is 24.3 Å². The Labute approximate surface area is 176 Å². The average Bonchev–Trinajstić information content (AvgIpc) is 3.40. The van der Waals surface area contributed by atoms with Crippen molar-refractivity contribution in [3.8, 4) is 16.5 Å². The molecule has 1 saturated heterocycles. The first kappa shape index (κ1) is 20.0. The summed E-state index contributed by atoms with van der Waals surface area (Å²) in [6.45, 7) is 4.68. The van der Waals surface area contributed by atoms with Crippen molar-refractivity contribution in [2.45, 2.75) is 13.0 Å². The van der Waals surface area contributed by atoms with Gasteiger partial charge in [0.1, 0.15) is 10.6 Å². The lowest BCUT2D eigenvalue weighted by Gasteiger charge is -2.30. The molecule has 3 aromatic heterocycles. The molecule has 4 heterocycles. The Balaban J connectivity index is 0.00000205. The molecule has 29 heavy (non-hydrogen) atoms. The van der Waals surface area contributed by atoms with E-state index in [9.17, 15) is 4.39 Å². The van der Waals surface area contributed by atoms with Crippen LogP contribution in [0.25, 0.3) is 26.7 Å². The summed E-state index contributed by atoms with van der Waals surface area (Å²) in [6.07, 6.45) is 0. The van der Waals surface area contributed by atoms with Crippen LogP contribution in [0.3, 0.4) is 0 Å². The molecule has 1 fully saturated rings. The number of piperazine rings is 1. The summed E-state index contributed by atoms with van der Waals surface area (Å²) in [5.74, 6) is 0.940. The van der Waals surface area contributed by atoms with Crippen LogP contribution in [0.15, 0.2) is 34.9 Å². The maximum Gasteiger partial charge on any atom is 0.268 e. The molecule has 1 unspecified atom stereocenters. The fraction of sp³-hybridized carbons (Fsp3) is 0.316. The van der Waals surface area contributed by atoms with Crippen molar-refractivity contribution in [2.75, 3.05) is 26.7 Å². The van der Waals surface area contributed by atoms with E-state index in [4.69, 9.17) is 4.52 Å². The van der Waals surface area contributed by atoms with Crippen molar-refractivity contribution in [3.05, 3.63) is 47.7 Å². The van der Waals surface area contributed by atoms with Gasteiger partial charge in [-0.3, -0.25) is 4.90 Å². The zero-order valence-corrected chi connectivity index (χ0v) is 17.6. The summed E-state index contributed by atoms with van der Waals surface area (Å²) in [7, 11) is 2.07. The summed E-state index contributed by atoms with van der Waals surface area (Å²) >= 11 is 1.54. The highest BCUT2D eigenvalue weighted by Gasteiger charge is 2.26. The van der Waals surface area contributed by atoms with Gasteiger partial charge in [-0.1, -0.05) is 5.16 Å². The van der Waals surface area contributed by atoms with Crippen LogP contribution in [0.2, 0.25) is 0 Å². The lowest BCUT2D eigenvalue weighted by molar-refractivity contribution is 0.190. The Kier molecular flexibility index (Phi) is 5.39. The van der Waals surface area contributed by atoms with Crippen molar-refractivity contribution >= 4 is 34.0 Å². The number of hydrogen-bond acceptors (Lipinski definition) is 7. The first-order chi connectivity index (χ1) is 13.6.